The molecule has 0 saturated heterocycles. The van der Waals surface area contributed by atoms with Crippen LogP contribution in [0.1, 0.15) is 35.2 Å². The van der Waals surface area contributed by atoms with Gasteiger partial charge >= 0.3 is 0 Å². The van der Waals surface area contributed by atoms with Gasteiger partial charge < -0.3 is 5.73 Å². The first kappa shape index (κ1) is 14.1. The number of pyridine rings is 1. The smallest absolute Gasteiger partial charge is 0.0963 e. The minimum atomic E-state index is 0.0472. The van der Waals surface area contributed by atoms with E-state index < -0.39 is 0 Å². The number of nitrogens with two attached hydrogens (primary N) is 1. The van der Waals surface area contributed by atoms with E-state index in [1.807, 2.05) is 19.2 Å². The minimum Gasteiger partial charge on any atom is -0.324 e. The highest BCUT2D eigenvalue weighted by Crippen LogP contribution is 2.23. The molecule has 0 amide bonds. The summed E-state index contributed by atoms with van der Waals surface area (Å²) in [6, 6.07) is 10.8. The Labute approximate surface area is 119 Å². The lowest BCUT2D eigenvalue weighted by molar-refractivity contribution is 0.806. The fourth-order valence-electron chi connectivity index (χ4n) is 2.06. The summed E-state index contributed by atoms with van der Waals surface area (Å²) in [6.45, 7) is 6.24. The van der Waals surface area contributed by atoms with E-state index in [-0.39, 0.29) is 6.04 Å². The van der Waals surface area contributed by atoms with E-state index in [1.165, 1.54) is 16.7 Å². The van der Waals surface area contributed by atoms with E-state index in [0.717, 1.165) is 16.3 Å². The van der Waals surface area contributed by atoms with Gasteiger partial charge in [-0.15, -0.1) is 11.8 Å². The lowest BCUT2D eigenvalue weighted by Crippen LogP contribution is -2.04. The maximum absolute atomic E-state index is 5.82. The Balaban J connectivity index is 2.02. The molecule has 1 aromatic heterocycles. The standard InChI is InChI=1S/C16H20N2S/c1-11-6-12(2)8-14(7-11)10-19-16-5-4-15(9-18-16)13(3)17/h4-9,13H,10,17H2,1-3H3. The summed E-state index contributed by atoms with van der Waals surface area (Å²) < 4.78 is 0. The molecule has 0 aliphatic carbocycles. The van der Waals surface area contributed by atoms with Gasteiger partial charge in [0.2, 0.25) is 0 Å². The number of benzene rings is 1. The Morgan fingerprint density at radius 2 is 1.84 bits per heavy atom. The number of rotatable bonds is 4. The second kappa shape index (κ2) is 6.22. The molecule has 2 aromatic rings. The van der Waals surface area contributed by atoms with Crippen molar-refractivity contribution in [1.82, 2.24) is 4.98 Å². The van der Waals surface area contributed by atoms with Gasteiger partial charge in [-0.25, -0.2) is 4.98 Å². The zero-order valence-corrected chi connectivity index (χ0v) is 12.5. The molecule has 1 unspecified atom stereocenters. The van der Waals surface area contributed by atoms with Crippen LogP contribution in [0.2, 0.25) is 0 Å². The van der Waals surface area contributed by atoms with E-state index in [2.05, 4.69) is 43.1 Å². The van der Waals surface area contributed by atoms with E-state index in [1.54, 1.807) is 11.8 Å². The molecule has 0 saturated carbocycles. The number of hydrogen-bond acceptors (Lipinski definition) is 3. The van der Waals surface area contributed by atoms with Gasteiger partial charge in [0.1, 0.15) is 0 Å². The molecule has 0 bridgehead atoms. The molecule has 0 fully saturated rings. The second-order valence-corrected chi connectivity index (χ2v) is 6.00. The fourth-order valence-corrected chi connectivity index (χ4v) is 2.83. The third-order valence-electron chi connectivity index (χ3n) is 2.95. The van der Waals surface area contributed by atoms with Crippen molar-refractivity contribution in [1.29, 1.82) is 0 Å². The van der Waals surface area contributed by atoms with Crippen molar-refractivity contribution in [2.45, 2.75) is 37.6 Å². The predicted molar refractivity (Wildman–Crippen MR) is 82.3 cm³/mol. The van der Waals surface area contributed by atoms with E-state index in [0.29, 0.717) is 0 Å². The zero-order chi connectivity index (χ0) is 13.8. The van der Waals surface area contributed by atoms with Crippen molar-refractivity contribution in [2.24, 2.45) is 5.73 Å². The summed E-state index contributed by atoms with van der Waals surface area (Å²) in [7, 11) is 0. The van der Waals surface area contributed by atoms with Crippen molar-refractivity contribution in [3.63, 3.8) is 0 Å². The van der Waals surface area contributed by atoms with Crippen LogP contribution in [0.3, 0.4) is 0 Å². The molecular weight excluding hydrogens is 252 g/mol. The van der Waals surface area contributed by atoms with Crippen LogP contribution in [0.5, 0.6) is 0 Å². The Bertz CT molecular complexity index is 527. The average molecular weight is 272 g/mol. The molecule has 0 radical (unpaired) electrons. The van der Waals surface area contributed by atoms with Gasteiger partial charge in [0.25, 0.3) is 0 Å². The Morgan fingerprint density at radius 3 is 2.37 bits per heavy atom. The zero-order valence-electron chi connectivity index (χ0n) is 11.7. The Hall–Kier alpha value is -1.32. The van der Waals surface area contributed by atoms with Crippen LogP contribution in [0.25, 0.3) is 0 Å². The van der Waals surface area contributed by atoms with Crippen molar-refractivity contribution < 1.29 is 0 Å². The van der Waals surface area contributed by atoms with Crippen molar-refractivity contribution in [3.8, 4) is 0 Å². The molecule has 100 valence electrons. The molecule has 2 rings (SSSR count). The normalized spacial score (nSPS) is 12.4. The molecule has 3 heteroatoms. The van der Waals surface area contributed by atoms with Crippen molar-refractivity contribution >= 4 is 11.8 Å². The van der Waals surface area contributed by atoms with Crippen LogP contribution in [0.15, 0.2) is 41.6 Å². The molecule has 0 spiro atoms. The first-order chi connectivity index (χ1) is 9.04. The Kier molecular flexibility index (Phi) is 4.61. The lowest BCUT2D eigenvalue weighted by atomic mass is 10.1. The third-order valence-corrected chi connectivity index (χ3v) is 3.97. The quantitative estimate of drug-likeness (QED) is 0.855. The van der Waals surface area contributed by atoms with Gasteiger partial charge in [0, 0.05) is 18.0 Å². The SMILES string of the molecule is Cc1cc(C)cc(CSc2ccc(C(C)N)cn2)c1. The minimum absolute atomic E-state index is 0.0472. The van der Waals surface area contributed by atoms with E-state index in [4.69, 9.17) is 5.73 Å². The largest absolute Gasteiger partial charge is 0.324 e. The summed E-state index contributed by atoms with van der Waals surface area (Å²) >= 11 is 1.76. The average Bonchev–Trinajstić information content (AvgIpc) is 2.36. The molecule has 0 aliphatic rings. The topological polar surface area (TPSA) is 38.9 Å². The first-order valence-electron chi connectivity index (χ1n) is 6.46. The maximum Gasteiger partial charge on any atom is 0.0963 e. The number of nitrogens with zero attached hydrogens (tertiary/aromatic N) is 1. The van der Waals surface area contributed by atoms with Crippen LogP contribution in [-0.2, 0) is 5.75 Å². The van der Waals surface area contributed by atoms with Gasteiger partial charge in [-0.2, -0.15) is 0 Å². The van der Waals surface area contributed by atoms with Crippen LogP contribution in [0.4, 0.5) is 0 Å². The Morgan fingerprint density at radius 1 is 1.16 bits per heavy atom. The molecular formula is C16H20N2S. The summed E-state index contributed by atoms with van der Waals surface area (Å²) in [5.41, 5.74) is 10.9. The molecule has 0 aliphatic heterocycles. The van der Waals surface area contributed by atoms with Crippen LogP contribution in [-0.4, -0.2) is 4.98 Å². The van der Waals surface area contributed by atoms with E-state index >= 15 is 0 Å². The van der Waals surface area contributed by atoms with Gasteiger partial charge in [0.05, 0.1) is 5.03 Å². The summed E-state index contributed by atoms with van der Waals surface area (Å²) in [5, 5.41) is 1.04. The first-order valence-corrected chi connectivity index (χ1v) is 7.44. The third kappa shape index (κ3) is 4.08. The molecule has 1 heterocycles. The van der Waals surface area contributed by atoms with Gasteiger partial charge in [-0.3, -0.25) is 0 Å². The monoisotopic (exact) mass is 272 g/mol. The van der Waals surface area contributed by atoms with Gasteiger partial charge in [0.15, 0.2) is 0 Å². The van der Waals surface area contributed by atoms with Gasteiger partial charge in [-0.1, -0.05) is 35.4 Å². The van der Waals surface area contributed by atoms with Crippen molar-refractivity contribution in [3.05, 3.63) is 58.8 Å². The number of hydrogen-bond donors (Lipinski definition) is 1. The lowest BCUT2D eigenvalue weighted by Gasteiger charge is -2.07. The highest BCUT2D eigenvalue weighted by Gasteiger charge is 2.02. The van der Waals surface area contributed by atoms with Crippen LogP contribution < -0.4 is 5.73 Å². The number of aryl methyl sites for hydroxylation is 2. The maximum atomic E-state index is 5.82. The second-order valence-electron chi connectivity index (χ2n) is 5.00. The van der Waals surface area contributed by atoms with E-state index in [9.17, 15) is 0 Å². The number of aromatic nitrogens is 1. The number of thioether (sulfide) groups is 1. The predicted octanol–water partition coefficient (Wildman–Crippen LogP) is 4.01. The van der Waals surface area contributed by atoms with Crippen LogP contribution >= 0.6 is 11.8 Å². The summed E-state index contributed by atoms with van der Waals surface area (Å²) in [4.78, 5) is 4.44. The van der Waals surface area contributed by atoms with Crippen molar-refractivity contribution in [2.75, 3.05) is 0 Å². The molecule has 1 atom stereocenters. The molecule has 1 aromatic carbocycles. The van der Waals surface area contributed by atoms with Gasteiger partial charge in [-0.05, 0) is 38.0 Å². The molecule has 2 nitrogen and oxygen atoms in total. The summed E-state index contributed by atoms with van der Waals surface area (Å²) in [6.07, 6.45) is 1.87. The summed E-state index contributed by atoms with van der Waals surface area (Å²) in [5.74, 6) is 0.951. The molecule has 19 heavy (non-hydrogen) atoms. The highest BCUT2D eigenvalue weighted by molar-refractivity contribution is 7.98. The van der Waals surface area contributed by atoms with Crippen LogP contribution in [0, 0.1) is 13.8 Å². The molecule has 2 N–H and O–H groups in total. The fraction of sp³-hybridized carbons (Fsp3) is 0.312. The highest BCUT2D eigenvalue weighted by atomic mass is 32.2.